The maximum absolute atomic E-state index is 12.4. The number of carbonyl (C=O) groups excluding carboxylic acids is 1. The number of likely N-dealkylation sites (N-methyl/N-ethyl adjacent to an activating group) is 1. The maximum atomic E-state index is 12.4. The van der Waals surface area contributed by atoms with E-state index in [1.54, 1.807) is 30.2 Å². The number of hydrogen-bond donors (Lipinski definition) is 0. The minimum absolute atomic E-state index is 0.0176. The second-order valence-electron chi connectivity index (χ2n) is 5.33. The molecule has 2 aromatic rings. The fraction of sp³-hybridized carbons (Fsp3) is 0.167. The first-order valence-corrected chi connectivity index (χ1v) is 8.13. The van der Waals surface area contributed by atoms with E-state index in [0.717, 1.165) is 10.0 Å². The van der Waals surface area contributed by atoms with Crippen LogP contribution in [0, 0.1) is 10.1 Å². The van der Waals surface area contributed by atoms with Gasteiger partial charge in [0.25, 0.3) is 5.69 Å². The number of amides is 1. The van der Waals surface area contributed by atoms with Gasteiger partial charge in [-0.15, -0.1) is 0 Å². The second-order valence-corrected chi connectivity index (χ2v) is 6.19. The molecule has 6 heteroatoms. The van der Waals surface area contributed by atoms with E-state index in [4.69, 9.17) is 0 Å². The number of carbonyl (C=O) groups is 1. The Kier molecular flexibility index (Phi) is 5.87. The van der Waals surface area contributed by atoms with Gasteiger partial charge < -0.3 is 4.90 Å². The lowest BCUT2D eigenvalue weighted by molar-refractivity contribution is -0.384. The van der Waals surface area contributed by atoms with Crippen molar-refractivity contribution in [1.29, 1.82) is 0 Å². The molecule has 0 aromatic heterocycles. The van der Waals surface area contributed by atoms with Gasteiger partial charge in [0.05, 0.1) is 11.0 Å². The van der Waals surface area contributed by atoms with E-state index < -0.39 is 4.92 Å². The normalized spacial score (nSPS) is 12.1. The monoisotopic (exact) mass is 388 g/mol. The fourth-order valence-electron chi connectivity index (χ4n) is 2.20. The van der Waals surface area contributed by atoms with Crippen LogP contribution in [0.15, 0.2) is 59.1 Å². The summed E-state index contributed by atoms with van der Waals surface area (Å²) in [4.78, 5) is 24.3. The molecule has 0 aliphatic carbocycles. The van der Waals surface area contributed by atoms with Gasteiger partial charge in [0, 0.05) is 29.7 Å². The molecule has 0 unspecified atom stereocenters. The Hall–Kier alpha value is -2.47. The summed E-state index contributed by atoms with van der Waals surface area (Å²) >= 11 is 3.43. The Bertz CT molecular complexity index is 789. The van der Waals surface area contributed by atoms with Crippen molar-refractivity contribution in [2.75, 3.05) is 7.05 Å². The summed E-state index contributed by atoms with van der Waals surface area (Å²) in [5.41, 5.74) is 1.64. The first kappa shape index (κ1) is 17.9. The lowest BCUT2D eigenvalue weighted by Gasteiger charge is -2.24. The van der Waals surface area contributed by atoms with Crippen molar-refractivity contribution in [3.63, 3.8) is 0 Å². The van der Waals surface area contributed by atoms with Crippen molar-refractivity contribution in [3.05, 3.63) is 80.3 Å². The predicted molar refractivity (Wildman–Crippen MR) is 97.5 cm³/mol. The average molecular weight is 389 g/mol. The van der Waals surface area contributed by atoms with Crippen LogP contribution in [0.25, 0.3) is 6.08 Å². The third-order valence-electron chi connectivity index (χ3n) is 3.80. The summed E-state index contributed by atoms with van der Waals surface area (Å²) in [7, 11) is 1.68. The number of nitro benzene ring substituents is 1. The zero-order valence-corrected chi connectivity index (χ0v) is 14.9. The number of nitro groups is 1. The first-order valence-electron chi connectivity index (χ1n) is 7.34. The fourth-order valence-corrected chi connectivity index (χ4v) is 2.62. The largest absolute Gasteiger partial charge is 0.335 e. The third-order valence-corrected chi connectivity index (χ3v) is 4.52. The highest BCUT2D eigenvalue weighted by molar-refractivity contribution is 9.10. The van der Waals surface area contributed by atoms with Gasteiger partial charge in [0.2, 0.25) is 5.91 Å². The van der Waals surface area contributed by atoms with E-state index in [9.17, 15) is 14.9 Å². The molecule has 0 radical (unpaired) electrons. The van der Waals surface area contributed by atoms with Crippen LogP contribution >= 0.6 is 15.9 Å². The highest BCUT2D eigenvalue weighted by Gasteiger charge is 2.17. The van der Waals surface area contributed by atoms with E-state index in [1.807, 2.05) is 31.2 Å². The summed E-state index contributed by atoms with van der Waals surface area (Å²) < 4.78 is 0.906. The number of halogens is 1. The Morgan fingerprint density at radius 2 is 1.96 bits per heavy atom. The van der Waals surface area contributed by atoms with Gasteiger partial charge in [-0.1, -0.05) is 46.3 Å². The molecular formula is C18H17BrN2O3. The van der Waals surface area contributed by atoms with Crippen molar-refractivity contribution < 1.29 is 9.72 Å². The molecule has 1 atom stereocenters. The molecule has 2 aromatic carbocycles. The summed E-state index contributed by atoms with van der Waals surface area (Å²) in [6.07, 6.45) is 3.23. The molecule has 24 heavy (non-hydrogen) atoms. The van der Waals surface area contributed by atoms with Gasteiger partial charge in [0.15, 0.2) is 0 Å². The van der Waals surface area contributed by atoms with Crippen molar-refractivity contribution in [2.24, 2.45) is 0 Å². The van der Waals surface area contributed by atoms with Gasteiger partial charge in [-0.25, -0.2) is 0 Å². The standard InChI is InChI=1S/C18H17BrN2O3/c1-13(15-7-5-8-16(12-15)21(23)24)20(2)18(22)11-10-14-6-3-4-9-17(14)19/h3-13H,1-2H3/b11-10+/t13-/m1/s1. The Balaban J connectivity index is 2.14. The molecule has 0 aliphatic rings. The molecule has 0 saturated heterocycles. The van der Waals surface area contributed by atoms with Crippen LogP contribution in [0.2, 0.25) is 0 Å². The van der Waals surface area contributed by atoms with Crippen LogP contribution in [0.3, 0.4) is 0 Å². The molecule has 0 bridgehead atoms. The zero-order chi connectivity index (χ0) is 17.7. The number of non-ortho nitro benzene ring substituents is 1. The smallest absolute Gasteiger partial charge is 0.269 e. The van der Waals surface area contributed by atoms with E-state index >= 15 is 0 Å². The van der Waals surface area contributed by atoms with E-state index in [1.165, 1.54) is 18.2 Å². The number of hydrogen-bond acceptors (Lipinski definition) is 3. The highest BCUT2D eigenvalue weighted by atomic mass is 79.9. The van der Waals surface area contributed by atoms with Crippen LogP contribution in [0.4, 0.5) is 5.69 Å². The zero-order valence-electron chi connectivity index (χ0n) is 13.3. The minimum Gasteiger partial charge on any atom is -0.335 e. The number of benzene rings is 2. The molecule has 2 rings (SSSR count). The molecule has 124 valence electrons. The van der Waals surface area contributed by atoms with Gasteiger partial charge in [-0.3, -0.25) is 14.9 Å². The summed E-state index contributed by atoms with van der Waals surface area (Å²) in [6.45, 7) is 1.84. The third kappa shape index (κ3) is 4.29. The van der Waals surface area contributed by atoms with Crippen LogP contribution in [0.1, 0.15) is 24.1 Å². The summed E-state index contributed by atoms with van der Waals surface area (Å²) in [5.74, 6) is -0.176. The van der Waals surface area contributed by atoms with Crippen LogP contribution in [-0.4, -0.2) is 22.8 Å². The Labute approximate surface area is 148 Å². The maximum Gasteiger partial charge on any atom is 0.269 e. The lowest BCUT2D eigenvalue weighted by Crippen LogP contribution is -2.28. The van der Waals surface area contributed by atoms with Crippen molar-refractivity contribution in [3.8, 4) is 0 Å². The topological polar surface area (TPSA) is 63.5 Å². The summed E-state index contributed by atoms with van der Waals surface area (Å²) in [5, 5.41) is 10.9. The molecular weight excluding hydrogens is 372 g/mol. The van der Waals surface area contributed by atoms with Crippen molar-refractivity contribution in [2.45, 2.75) is 13.0 Å². The molecule has 0 spiro atoms. The number of rotatable bonds is 5. The molecule has 0 aliphatic heterocycles. The van der Waals surface area contributed by atoms with E-state index in [0.29, 0.717) is 5.56 Å². The lowest BCUT2D eigenvalue weighted by atomic mass is 10.1. The van der Waals surface area contributed by atoms with Gasteiger partial charge in [-0.05, 0) is 30.2 Å². The molecule has 0 fully saturated rings. The molecule has 0 N–H and O–H groups in total. The SMILES string of the molecule is C[C@H](c1cccc([N+](=O)[O-])c1)N(C)C(=O)/C=C/c1ccccc1Br. The van der Waals surface area contributed by atoms with Gasteiger partial charge in [0.1, 0.15) is 0 Å². The van der Waals surface area contributed by atoms with Gasteiger partial charge in [-0.2, -0.15) is 0 Å². The molecule has 0 heterocycles. The predicted octanol–water partition coefficient (Wildman–Crippen LogP) is 4.59. The van der Waals surface area contributed by atoms with E-state index in [-0.39, 0.29) is 17.6 Å². The van der Waals surface area contributed by atoms with Crippen LogP contribution < -0.4 is 0 Å². The molecule has 1 amide bonds. The van der Waals surface area contributed by atoms with Crippen molar-refractivity contribution in [1.82, 2.24) is 4.90 Å². The highest BCUT2D eigenvalue weighted by Crippen LogP contribution is 2.23. The quantitative estimate of drug-likeness (QED) is 0.427. The number of nitrogens with zero attached hydrogens (tertiary/aromatic N) is 2. The Morgan fingerprint density at radius 3 is 2.62 bits per heavy atom. The molecule has 0 saturated carbocycles. The Morgan fingerprint density at radius 1 is 1.25 bits per heavy atom. The first-order chi connectivity index (χ1) is 11.4. The van der Waals surface area contributed by atoms with Crippen LogP contribution in [-0.2, 0) is 4.79 Å². The van der Waals surface area contributed by atoms with E-state index in [2.05, 4.69) is 15.9 Å². The second kappa shape index (κ2) is 7.88. The minimum atomic E-state index is -0.440. The van der Waals surface area contributed by atoms with Crippen molar-refractivity contribution >= 4 is 33.6 Å². The van der Waals surface area contributed by atoms with Crippen LogP contribution in [0.5, 0.6) is 0 Å². The van der Waals surface area contributed by atoms with Gasteiger partial charge >= 0.3 is 0 Å². The average Bonchev–Trinajstić information content (AvgIpc) is 2.59. The summed E-state index contributed by atoms with van der Waals surface area (Å²) in [6, 6.07) is 13.7. The molecule has 5 nitrogen and oxygen atoms in total.